The summed E-state index contributed by atoms with van der Waals surface area (Å²) in [6.45, 7) is 0.0574. The van der Waals surface area contributed by atoms with Gasteiger partial charge in [-0.1, -0.05) is 0 Å². The third-order valence-corrected chi connectivity index (χ3v) is 2.25. The number of amides is 1. The molecule has 17 heavy (non-hydrogen) atoms. The predicted molar refractivity (Wildman–Crippen MR) is 52.9 cm³/mol. The van der Waals surface area contributed by atoms with Gasteiger partial charge in [0, 0.05) is 6.42 Å². The van der Waals surface area contributed by atoms with Crippen molar-refractivity contribution in [2.45, 2.75) is 24.9 Å². The third kappa shape index (κ3) is 3.25. The molecule has 0 radical (unpaired) electrons. The van der Waals surface area contributed by atoms with Gasteiger partial charge in [0.25, 0.3) is 0 Å². The number of hydrazine groups is 1. The maximum absolute atomic E-state index is 10.9. The lowest BCUT2D eigenvalue weighted by atomic mass is 10.2. The van der Waals surface area contributed by atoms with Gasteiger partial charge in [-0.25, -0.2) is 15.2 Å². The molecule has 1 saturated heterocycles. The number of rotatable bonds is 7. The van der Waals surface area contributed by atoms with Crippen molar-refractivity contribution in [2.75, 3.05) is 6.61 Å². The third-order valence-electron chi connectivity index (χ3n) is 2.25. The van der Waals surface area contributed by atoms with Crippen molar-refractivity contribution in [2.24, 2.45) is 0 Å². The molecule has 1 aliphatic rings. The van der Waals surface area contributed by atoms with E-state index in [0.29, 0.717) is 17.6 Å². The number of nitrogens with one attached hydrogen (secondary N) is 1. The molecule has 0 saturated carbocycles. The van der Waals surface area contributed by atoms with Gasteiger partial charge in [-0.15, -0.1) is 0 Å². The Balaban J connectivity index is 2.61. The summed E-state index contributed by atoms with van der Waals surface area (Å²) in [6.07, 6.45) is -0.270. The fourth-order valence-corrected chi connectivity index (χ4v) is 1.28. The number of ether oxygens (including phenoxy) is 1. The molecular weight excluding hydrogens is 232 g/mol. The first-order valence-electron chi connectivity index (χ1n) is 4.94. The summed E-state index contributed by atoms with van der Waals surface area (Å²) < 4.78 is 4.45. The van der Waals surface area contributed by atoms with Crippen molar-refractivity contribution >= 4 is 24.6 Å². The van der Waals surface area contributed by atoms with Crippen LogP contribution in [0, 0.1) is 0 Å². The second kappa shape index (κ2) is 5.94. The lowest BCUT2D eigenvalue weighted by molar-refractivity contribution is -0.166. The Morgan fingerprint density at radius 2 is 2.35 bits per heavy atom. The highest BCUT2D eigenvalue weighted by atomic mass is 16.6. The summed E-state index contributed by atoms with van der Waals surface area (Å²) in [5.74, 6) is -0.573. The van der Waals surface area contributed by atoms with E-state index in [4.69, 9.17) is 5.11 Å². The number of aldehydes is 2. The van der Waals surface area contributed by atoms with Gasteiger partial charge < -0.3 is 19.4 Å². The van der Waals surface area contributed by atoms with E-state index in [1.54, 1.807) is 0 Å². The van der Waals surface area contributed by atoms with E-state index in [9.17, 15) is 19.2 Å². The molecule has 1 heterocycles. The van der Waals surface area contributed by atoms with Gasteiger partial charge in [-0.3, -0.25) is 4.79 Å². The number of esters is 1. The van der Waals surface area contributed by atoms with Gasteiger partial charge in [0.05, 0.1) is 0 Å². The molecule has 0 bridgehead atoms. The molecule has 1 amide bonds. The Labute approximate surface area is 96.5 Å². The molecule has 8 heteroatoms. The Kier molecular flexibility index (Phi) is 4.58. The quantitative estimate of drug-likeness (QED) is 0.333. The van der Waals surface area contributed by atoms with Gasteiger partial charge in [-0.05, 0) is 6.42 Å². The zero-order chi connectivity index (χ0) is 12.8. The fourth-order valence-electron chi connectivity index (χ4n) is 1.28. The monoisotopic (exact) mass is 244 g/mol. The number of carbonyl (C=O) groups is 4. The second-order valence-corrected chi connectivity index (χ2v) is 3.41. The van der Waals surface area contributed by atoms with Gasteiger partial charge in [0.2, 0.25) is 0 Å². The van der Waals surface area contributed by atoms with Crippen molar-refractivity contribution in [3.8, 4) is 0 Å². The lowest BCUT2D eigenvalue weighted by Gasteiger charge is -2.33. The van der Waals surface area contributed by atoms with Gasteiger partial charge in [-0.2, -0.15) is 0 Å². The standard InChI is InChI=1S/C9H12N2O6/c12-3-1-2-6(4-13)11(9(15)16)10-7-5-17-8(7)14/h3-4,6-7,10H,1-2,5H2,(H,15,16)/t6?,7-/m0/s1. The Morgan fingerprint density at radius 1 is 1.65 bits per heavy atom. The van der Waals surface area contributed by atoms with E-state index in [2.05, 4.69) is 10.2 Å². The molecular formula is C9H12N2O6. The van der Waals surface area contributed by atoms with Crippen LogP contribution in [0.15, 0.2) is 0 Å². The highest BCUT2D eigenvalue weighted by Crippen LogP contribution is 2.08. The number of hydrogen-bond acceptors (Lipinski definition) is 6. The number of hydrogen-bond donors (Lipinski definition) is 2. The van der Waals surface area contributed by atoms with Crippen LogP contribution in [0.2, 0.25) is 0 Å². The summed E-state index contributed by atoms with van der Waals surface area (Å²) in [5.41, 5.74) is 2.37. The number of carboxylic acid groups (broad SMARTS) is 1. The fraction of sp³-hybridized carbons (Fsp3) is 0.556. The van der Waals surface area contributed by atoms with Crippen LogP contribution >= 0.6 is 0 Å². The van der Waals surface area contributed by atoms with E-state index < -0.39 is 24.1 Å². The largest absolute Gasteiger partial charge is 0.464 e. The summed E-state index contributed by atoms with van der Waals surface area (Å²) in [5, 5.41) is 9.52. The van der Waals surface area contributed by atoms with Crippen molar-refractivity contribution in [1.29, 1.82) is 0 Å². The number of cyclic esters (lactones) is 1. The first-order chi connectivity index (χ1) is 8.10. The van der Waals surface area contributed by atoms with Crippen LogP contribution in [0.25, 0.3) is 0 Å². The number of carbonyl (C=O) groups excluding carboxylic acids is 3. The van der Waals surface area contributed by atoms with E-state index in [1.165, 1.54) is 0 Å². The van der Waals surface area contributed by atoms with Crippen LogP contribution in [0.4, 0.5) is 4.79 Å². The van der Waals surface area contributed by atoms with Gasteiger partial charge in [0.1, 0.15) is 25.2 Å². The van der Waals surface area contributed by atoms with Crippen molar-refractivity contribution < 1.29 is 29.0 Å². The van der Waals surface area contributed by atoms with E-state index >= 15 is 0 Å². The minimum Gasteiger partial charge on any atom is -0.464 e. The molecule has 0 aromatic heterocycles. The number of nitrogens with zero attached hydrogens (tertiary/aromatic N) is 1. The lowest BCUT2D eigenvalue weighted by Crippen LogP contribution is -2.61. The van der Waals surface area contributed by atoms with Crippen molar-refractivity contribution in [1.82, 2.24) is 10.4 Å². The molecule has 0 aromatic carbocycles. The normalized spacial score (nSPS) is 19.8. The molecule has 1 fully saturated rings. The first-order valence-corrected chi connectivity index (χ1v) is 4.94. The summed E-state index contributed by atoms with van der Waals surface area (Å²) >= 11 is 0. The summed E-state index contributed by atoms with van der Waals surface area (Å²) in [7, 11) is 0. The second-order valence-electron chi connectivity index (χ2n) is 3.41. The summed E-state index contributed by atoms with van der Waals surface area (Å²) in [4.78, 5) is 42.7. The van der Waals surface area contributed by atoms with Crippen LogP contribution in [0.3, 0.4) is 0 Å². The zero-order valence-corrected chi connectivity index (χ0v) is 8.87. The van der Waals surface area contributed by atoms with Gasteiger partial charge in [0.15, 0.2) is 6.04 Å². The Hall–Kier alpha value is -1.96. The molecule has 2 N–H and O–H groups in total. The van der Waals surface area contributed by atoms with Crippen LogP contribution < -0.4 is 5.43 Å². The van der Waals surface area contributed by atoms with Gasteiger partial charge >= 0.3 is 12.1 Å². The molecule has 94 valence electrons. The maximum Gasteiger partial charge on any atom is 0.422 e. The minimum absolute atomic E-state index is 0.0574. The molecule has 8 nitrogen and oxygen atoms in total. The van der Waals surface area contributed by atoms with Crippen molar-refractivity contribution in [3.63, 3.8) is 0 Å². The summed E-state index contributed by atoms with van der Waals surface area (Å²) in [6, 6.07) is -1.77. The highest BCUT2D eigenvalue weighted by Gasteiger charge is 2.35. The predicted octanol–water partition coefficient (Wildman–Crippen LogP) is -1.06. The molecule has 0 spiro atoms. The zero-order valence-electron chi connectivity index (χ0n) is 8.87. The SMILES string of the molecule is O=CCCC(C=O)N(N[C@H]1COC1=O)C(=O)O. The van der Waals surface area contributed by atoms with Crippen LogP contribution in [0.1, 0.15) is 12.8 Å². The van der Waals surface area contributed by atoms with E-state index in [0.717, 1.165) is 0 Å². The Morgan fingerprint density at radius 3 is 2.71 bits per heavy atom. The highest BCUT2D eigenvalue weighted by molar-refractivity contribution is 5.81. The molecule has 1 unspecified atom stereocenters. The topological polar surface area (TPSA) is 113 Å². The maximum atomic E-state index is 10.9. The minimum atomic E-state index is -1.40. The molecule has 1 aliphatic heterocycles. The average Bonchev–Trinajstić information content (AvgIpc) is 2.30. The van der Waals surface area contributed by atoms with E-state index in [-0.39, 0.29) is 19.4 Å². The molecule has 2 atom stereocenters. The van der Waals surface area contributed by atoms with E-state index in [1.807, 2.05) is 0 Å². The molecule has 0 aromatic rings. The van der Waals surface area contributed by atoms with Crippen LogP contribution in [-0.4, -0.2) is 53.4 Å². The average molecular weight is 244 g/mol. The van der Waals surface area contributed by atoms with Crippen LogP contribution in [-0.2, 0) is 19.1 Å². The van der Waals surface area contributed by atoms with Crippen LogP contribution in [0.5, 0.6) is 0 Å². The Bertz CT molecular complexity index is 331. The first kappa shape index (κ1) is 13.1. The van der Waals surface area contributed by atoms with Crippen molar-refractivity contribution in [3.05, 3.63) is 0 Å². The smallest absolute Gasteiger partial charge is 0.422 e. The molecule has 0 aliphatic carbocycles. The molecule has 1 rings (SSSR count).